The van der Waals surface area contributed by atoms with Crippen molar-refractivity contribution in [3.63, 3.8) is 0 Å². The summed E-state index contributed by atoms with van der Waals surface area (Å²) in [7, 11) is 0. The number of aromatic nitrogens is 2. The highest BCUT2D eigenvalue weighted by atomic mass is 16.2. The second-order valence-electron chi connectivity index (χ2n) is 3.76. The van der Waals surface area contributed by atoms with Crippen molar-refractivity contribution in [1.82, 2.24) is 15.1 Å². The van der Waals surface area contributed by atoms with Crippen molar-refractivity contribution in [3.8, 4) is 0 Å². The van der Waals surface area contributed by atoms with Crippen LogP contribution in [-0.4, -0.2) is 28.8 Å². The van der Waals surface area contributed by atoms with Crippen LogP contribution in [0, 0.1) is 0 Å². The number of carbonyl (C=O) groups excluding carboxylic acids is 1. The van der Waals surface area contributed by atoms with Gasteiger partial charge in [-0.3, -0.25) is 4.79 Å². The lowest BCUT2D eigenvalue weighted by Crippen LogP contribution is -2.26. The molecule has 1 N–H and O–H groups in total. The zero-order valence-electron chi connectivity index (χ0n) is 8.36. The van der Waals surface area contributed by atoms with Gasteiger partial charge in [0.05, 0.1) is 6.20 Å². The molecule has 4 nitrogen and oxygen atoms in total. The second kappa shape index (κ2) is 3.92. The molecule has 0 radical (unpaired) electrons. The van der Waals surface area contributed by atoms with Gasteiger partial charge < -0.3 is 5.32 Å². The van der Waals surface area contributed by atoms with E-state index in [0.29, 0.717) is 5.92 Å². The molecular weight excluding hydrogens is 178 g/mol. The Labute approximate surface area is 83.3 Å². The van der Waals surface area contributed by atoms with Crippen LogP contribution in [0.1, 0.15) is 36.0 Å². The Kier molecular flexibility index (Phi) is 2.63. The first-order valence-electron chi connectivity index (χ1n) is 5.03. The summed E-state index contributed by atoms with van der Waals surface area (Å²) >= 11 is 0. The predicted molar refractivity (Wildman–Crippen MR) is 53.4 cm³/mol. The third-order valence-corrected chi connectivity index (χ3v) is 2.74. The van der Waals surface area contributed by atoms with E-state index in [1.807, 2.05) is 12.4 Å². The van der Waals surface area contributed by atoms with Crippen molar-refractivity contribution < 1.29 is 4.79 Å². The van der Waals surface area contributed by atoms with E-state index in [1.54, 1.807) is 0 Å². The minimum atomic E-state index is -0.0230. The summed E-state index contributed by atoms with van der Waals surface area (Å²) in [6.07, 6.45) is 5.96. The first-order valence-corrected chi connectivity index (χ1v) is 5.03. The zero-order chi connectivity index (χ0) is 9.97. The van der Waals surface area contributed by atoms with Crippen molar-refractivity contribution >= 4 is 5.91 Å². The molecule has 2 heterocycles. The molecule has 1 aliphatic heterocycles. The number of piperidine rings is 1. The first kappa shape index (κ1) is 9.40. The molecule has 76 valence electrons. The number of carbonyl (C=O) groups is 1. The number of nitrogens with zero attached hydrogens (tertiary/aromatic N) is 2. The van der Waals surface area contributed by atoms with E-state index in [0.717, 1.165) is 25.9 Å². The average molecular weight is 193 g/mol. The fraction of sp³-hybridized carbons (Fsp3) is 0.600. The molecule has 0 aromatic carbocycles. The Balaban J connectivity index is 2.11. The Morgan fingerprint density at radius 3 is 2.86 bits per heavy atom. The molecule has 1 aliphatic rings. The molecule has 1 aromatic rings. The molecule has 0 amide bonds. The van der Waals surface area contributed by atoms with Crippen LogP contribution in [0.15, 0.2) is 12.4 Å². The van der Waals surface area contributed by atoms with Crippen LogP contribution in [0.4, 0.5) is 0 Å². The molecule has 1 aromatic heterocycles. The fourth-order valence-corrected chi connectivity index (χ4v) is 1.88. The summed E-state index contributed by atoms with van der Waals surface area (Å²) in [6, 6.07) is 0. The molecule has 14 heavy (non-hydrogen) atoms. The van der Waals surface area contributed by atoms with Gasteiger partial charge >= 0.3 is 0 Å². The summed E-state index contributed by atoms with van der Waals surface area (Å²) < 4.78 is 1.41. The highest BCUT2D eigenvalue weighted by Crippen LogP contribution is 2.24. The molecule has 4 heteroatoms. The van der Waals surface area contributed by atoms with Crippen molar-refractivity contribution in [3.05, 3.63) is 18.0 Å². The molecule has 2 rings (SSSR count). The average Bonchev–Trinajstić information content (AvgIpc) is 2.68. The highest BCUT2D eigenvalue weighted by Gasteiger charge is 2.16. The van der Waals surface area contributed by atoms with E-state index >= 15 is 0 Å². The SMILES string of the molecule is CC(=O)n1cc(C2CCNCC2)cn1. The zero-order valence-corrected chi connectivity index (χ0v) is 8.36. The van der Waals surface area contributed by atoms with Crippen LogP contribution in [0.5, 0.6) is 0 Å². The van der Waals surface area contributed by atoms with E-state index in [2.05, 4.69) is 10.4 Å². The normalized spacial score (nSPS) is 18.4. The summed E-state index contributed by atoms with van der Waals surface area (Å²) in [5.74, 6) is 0.550. The summed E-state index contributed by atoms with van der Waals surface area (Å²) in [4.78, 5) is 11.0. The van der Waals surface area contributed by atoms with E-state index in [4.69, 9.17) is 0 Å². The maximum absolute atomic E-state index is 11.0. The molecule has 0 aliphatic carbocycles. The summed E-state index contributed by atoms with van der Waals surface area (Å²) in [5.41, 5.74) is 1.20. The molecule has 0 spiro atoms. The van der Waals surface area contributed by atoms with E-state index < -0.39 is 0 Å². The van der Waals surface area contributed by atoms with Gasteiger partial charge in [-0.25, -0.2) is 4.68 Å². The largest absolute Gasteiger partial charge is 0.317 e. The predicted octanol–water partition coefficient (Wildman–Crippen LogP) is 1.01. The van der Waals surface area contributed by atoms with Crippen molar-refractivity contribution in [2.24, 2.45) is 0 Å². The van der Waals surface area contributed by atoms with Crippen molar-refractivity contribution in [1.29, 1.82) is 0 Å². The fourth-order valence-electron chi connectivity index (χ4n) is 1.88. The maximum atomic E-state index is 11.0. The van der Waals surface area contributed by atoms with E-state index in [1.165, 1.54) is 17.2 Å². The van der Waals surface area contributed by atoms with Gasteiger partial charge in [0.1, 0.15) is 0 Å². The third kappa shape index (κ3) is 1.85. The smallest absolute Gasteiger partial charge is 0.243 e. The number of hydrogen-bond acceptors (Lipinski definition) is 3. The Morgan fingerprint density at radius 2 is 2.29 bits per heavy atom. The Hall–Kier alpha value is -1.16. The second-order valence-corrected chi connectivity index (χ2v) is 3.76. The topological polar surface area (TPSA) is 46.9 Å². The van der Waals surface area contributed by atoms with Crippen molar-refractivity contribution in [2.45, 2.75) is 25.7 Å². The van der Waals surface area contributed by atoms with Gasteiger partial charge in [0.15, 0.2) is 0 Å². The van der Waals surface area contributed by atoms with Gasteiger partial charge in [0.2, 0.25) is 5.91 Å². The van der Waals surface area contributed by atoms with Crippen LogP contribution in [-0.2, 0) is 0 Å². The molecular formula is C10H15N3O. The lowest BCUT2D eigenvalue weighted by Gasteiger charge is -2.21. The molecule has 0 unspecified atom stereocenters. The highest BCUT2D eigenvalue weighted by molar-refractivity contribution is 5.75. The van der Waals surface area contributed by atoms with Crippen molar-refractivity contribution in [2.75, 3.05) is 13.1 Å². The molecule has 0 atom stereocenters. The van der Waals surface area contributed by atoms with Crippen LogP contribution >= 0.6 is 0 Å². The van der Waals surface area contributed by atoms with Gasteiger partial charge in [-0.15, -0.1) is 0 Å². The standard InChI is InChI=1S/C10H15N3O/c1-8(14)13-7-10(6-12-13)9-2-4-11-5-3-9/h6-7,9,11H,2-5H2,1H3. The van der Waals surface area contributed by atoms with Crippen LogP contribution in [0.3, 0.4) is 0 Å². The Morgan fingerprint density at radius 1 is 1.57 bits per heavy atom. The van der Waals surface area contributed by atoms with Crippen LogP contribution < -0.4 is 5.32 Å². The van der Waals surface area contributed by atoms with Gasteiger partial charge in [0, 0.05) is 13.1 Å². The van der Waals surface area contributed by atoms with Crippen LogP contribution in [0.25, 0.3) is 0 Å². The van der Waals surface area contributed by atoms with Gasteiger partial charge in [-0.05, 0) is 37.4 Å². The summed E-state index contributed by atoms with van der Waals surface area (Å²) in [5, 5.41) is 7.36. The lowest BCUT2D eigenvalue weighted by molar-refractivity contribution is 0.0921. The first-order chi connectivity index (χ1) is 6.77. The Bertz CT molecular complexity index is 326. The molecule has 0 bridgehead atoms. The van der Waals surface area contributed by atoms with Gasteiger partial charge in [-0.1, -0.05) is 0 Å². The minimum Gasteiger partial charge on any atom is -0.317 e. The molecule has 0 saturated carbocycles. The van der Waals surface area contributed by atoms with E-state index in [9.17, 15) is 4.79 Å². The maximum Gasteiger partial charge on any atom is 0.243 e. The van der Waals surface area contributed by atoms with Gasteiger partial charge in [-0.2, -0.15) is 5.10 Å². The number of nitrogens with one attached hydrogen (secondary N) is 1. The lowest BCUT2D eigenvalue weighted by atomic mass is 9.93. The molecule has 1 saturated heterocycles. The third-order valence-electron chi connectivity index (χ3n) is 2.74. The number of rotatable bonds is 1. The summed E-state index contributed by atoms with van der Waals surface area (Å²) in [6.45, 7) is 3.66. The van der Waals surface area contributed by atoms with E-state index in [-0.39, 0.29) is 5.91 Å². The molecule has 1 fully saturated rings. The minimum absolute atomic E-state index is 0.0230. The number of hydrogen-bond donors (Lipinski definition) is 1. The monoisotopic (exact) mass is 193 g/mol. The van der Waals surface area contributed by atoms with Gasteiger partial charge in [0.25, 0.3) is 0 Å². The quantitative estimate of drug-likeness (QED) is 0.724. The van der Waals surface area contributed by atoms with Crippen LogP contribution in [0.2, 0.25) is 0 Å².